The van der Waals surface area contributed by atoms with Crippen molar-refractivity contribution in [1.82, 2.24) is 4.90 Å². The van der Waals surface area contributed by atoms with Gasteiger partial charge in [-0.1, -0.05) is 26.0 Å². The van der Waals surface area contributed by atoms with Crippen molar-refractivity contribution in [3.05, 3.63) is 12.2 Å². The number of aliphatic hydroxyl groups is 1. The molecule has 94 valence electrons. The minimum absolute atomic E-state index is 0.0301. The Balaban J connectivity index is 2.16. The molecule has 2 rings (SSSR count). The third-order valence-corrected chi connectivity index (χ3v) is 3.61. The van der Waals surface area contributed by atoms with E-state index in [1.165, 1.54) is 4.90 Å². The van der Waals surface area contributed by atoms with E-state index in [4.69, 9.17) is 0 Å². The maximum absolute atomic E-state index is 12.1. The summed E-state index contributed by atoms with van der Waals surface area (Å²) in [5.74, 6) is -0.458. The van der Waals surface area contributed by atoms with Crippen LogP contribution in [0.5, 0.6) is 0 Å². The maximum Gasteiger partial charge on any atom is 0.233 e. The van der Waals surface area contributed by atoms with Gasteiger partial charge in [0.2, 0.25) is 11.8 Å². The van der Waals surface area contributed by atoms with Crippen molar-refractivity contribution in [1.29, 1.82) is 0 Å². The van der Waals surface area contributed by atoms with Gasteiger partial charge in [-0.05, 0) is 12.8 Å². The van der Waals surface area contributed by atoms with Crippen molar-refractivity contribution in [2.75, 3.05) is 13.2 Å². The summed E-state index contributed by atoms with van der Waals surface area (Å²) >= 11 is 0. The molecule has 1 aliphatic heterocycles. The van der Waals surface area contributed by atoms with Crippen molar-refractivity contribution in [3.63, 3.8) is 0 Å². The average Bonchev–Trinajstić information content (AvgIpc) is 2.55. The number of allylic oxidation sites excluding steroid dienone is 2. The van der Waals surface area contributed by atoms with Crippen molar-refractivity contribution in [2.45, 2.75) is 26.7 Å². The van der Waals surface area contributed by atoms with Gasteiger partial charge in [0.15, 0.2) is 0 Å². The van der Waals surface area contributed by atoms with Crippen molar-refractivity contribution in [3.8, 4) is 0 Å². The zero-order chi connectivity index (χ0) is 12.6. The minimum atomic E-state index is -0.424. The largest absolute Gasteiger partial charge is 0.396 e. The highest BCUT2D eigenvalue weighted by molar-refractivity contribution is 6.05. The molecular weight excluding hydrogens is 218 g/mol. The van der Waals surface area contributed by atoms with E-state index in [0.29, 0.717) is 19.4 Å². The second-order valence-corrected chi connectivity index (χ2v) is 5.74. The van der Waals surface area contributed by atoms with E-state index < -0.39 is 5.41 Å². The van der Waals surface area contributed by atoms with Crippen LogP contribution in [0.4, 0.5) is 0 Å². The van der Waals surface area contributed by atoms with Crippen molar-refractivity contribution < 1.29 is 14.7 Å². The van der Waals surface area contributed by atoms with Crippen molar-refractivity contribution in [2.24, 2.45) is 17.3 Å². The van der Waals surface area contributed by atoms with Crippen LogP contribution in [0.15, 0.2) is 12.2 Å². The summed E-state index contributed by atoms with van der Waals surface area (Å²) in [6.45, 7) is 3.99. The summed E-state index contributed by atoms with van der Waals surface area (Å²) in [5, 5.41) is 9.22. The highest BCUT2D eigenvalue weighted by atomic mass is 16.3. The van der Waals surface area contributed by atoms with Crippen LogP contribution in [-0.2, 0) is 9.59 Å². The number of hydrogen-bond acceptors (Lipinski definition) is 3. The topological polar surface area (TPSA) is 57.6 Å². The fraction of sp³-hybridized carbons (Fsp3) is 0.692. The number of hydrogen-bond donors (Lipinski definition) is 1. The Hall–Kier alpha value is -1.16. The summed E-state index contributed by atoms with van der Waals surface area (Å²) in [5.41, 5.74) is -0.424. The van der Waals surface area contributed by atoms with Gasteiger partial charge in [0.1, 0.15) is 0 Å². The maximum atomic E-state index is 12.1. The Morgan fingerprint density at radius 3 is 2.12 bits per heavy atom. The molecule has 0 unspecified atom stereocenters. The molecule has 2 amide bonds. The molecular formula is C13H19NO3. The standard InChI is InChI=1S/C13H19NO3/c1-13(2,8-15)7-14-11(16)9-5-3-4-6-10(9)12(14)17/h3-4,9-10,15H,5-8H2,1-2H3/t9-,10+. The summed E-state index contributed by atoms with van der Waals surface area (Å²) in [6.07, 6.45) is 5.30. The molecule has 1 saturated heterocycles. The van der Waals surface area contributed by atoms with Gasteiger partial charge in [0, 0.05) is 18.6 Å². The summed E-state index contributed by atoms with van der Waals surface area (Å²) in [4.78, 5) is 25.6. The molecule has 0 bridgehead atoms. The molecule has 1 heterocycles. The fourth-order valence-corrected chi connectivity index (χ4v) is 2.50. The first-order valence-corrected chi connectivity index (χ1v) is 6.07. The number of carbonyl (C=O) groups excluding carboxylic acids is 2. The molecule has 1 fully saturated rings. The van der Waals surface area contributed by atoms with E-state index >= 15 is 0 Å². The molecule has 2 atom stereocenters. The molecule has 1 N–H and O–H groups in total. The zero-order valence-electron chi connectivity index (χ0n) is 10.3. The lowest BCUT2D eigenvalue weighted by molar-refractivity contribution is -0.141. The van der Waals surface area contributed by atoms with Crippen LogP contribution < -0.4 is 0 Å². The Bertz CT molecular complexity index is 347. The second-order valence-electron chi connectivity index (χ2n) is 5.74. The predicted octanol–water partition coefficient (Wildman–Crippen LogP) is 0.956. The molecule has 4 heteroatoms. The normalized spacial score (nSPS) is 28.8. The third-order valence-electron chi connectivity index (χ3n) is 3.61. The number of nitrogens with zero attached hydrogens (tertiary/aromatic N) is 1. The highest BCUT2D eigenvalue weighted by Crippen LogP contribution is 2.36. The highest BCUT2D eigenvalue weighted by Gasteiger charge is 2.48. The number of rotatable bonds is 3. The van der Waals surface area contributed by atoms with E-state index in [9.17, 15) is 14.7 Å². The lowest BCUT2D eigenvalue weighted by Crippen LogP contribution is -2.40. The van der Waals surface area contributed by atoms with Crippen LogP contribution in [0.3, 0.4) is 0 Å². The second kappa shape index (κ2) is 4.26. The van der Waals surface area contributed by atoms with Gasteiger partial charge < -0.3 is 5.11 Å². The lowest BCUT2D eigenvalue weighted by Gasteiger charge is -2.27. The quantitative estimate of drug-likeness (QED) is 0.587. The van der Waals surface area contributed by atoms with Gasteiger partial charge in [-0.3, -0.25) is 14.5 Å². The van der Waals surface area contributed by atoms with Crippen LogP contribution >= 0.6 is 0 Å². The van der Waals surface area contributed by atoms with Crippen molar-refractivity contribution >= 4 is 11.8 Å². The summed E-state index contributed by atoms with van der Waals surface area (Å²) < 4.78 is 0. The molecule has 0 saturated carbocycles. The SMILES string of the molecule is CC(C)(CO)CN1C(=O)[C@H]2CC=CC[C@H]2C1=O. The molecule has 0 spiro atoms. The first-order valence-electron chi connectivity index (χ1n) is 6.07. The molecule has 4 nitrogen and oxygen atoms in total. The summed E-state index contributed by atoms with van der Waals surface area (Å²) in [6, 6.07) is 0. The smallest absolute Gasteiger partial charge is 0.233 e. The van der Waals surface area contributed by atoms with Gasteiger partial charge in [-0.15, -0.1) is 0 Å². The van der Waals surface area contributed by atoms with Crippen LogP contribution in [0.25, 0.3) is 0 Å². The molecule has 0 aromatic heterocycles. The van der Waals surface area contributed by atoms with E-state index in [0.717, 1.165) is 0 Å². The van der Waals surface area contributed by atoms with Crippen LogP contribution in [0.2, 0.25) is 0 Å². The van der Waals surface area contributed by atoms with Gasteiger partial charge in [0.25, 0.3) is 0 Å². The number of fused-ring (bicyclic) bond motifs is 1. The van der Waals surface area contributed by atoms with E-state index in [-0.39, 0.29) is 30.3 Å². The van der Waals surface area contributed by atoms with Crippen LogP contribution in [0.1, 0.15) is 26.7 Å². The number of carbonyl (C=O) groups is 2. The molecule has 1 aliphatic carbocycles. The number of likely N-dealkylation sites (tertiary alicyclic amines) is 1. The Morgan fingerprint density at radius 2 is 1.71 bits per heavy atom. The Morgan fingerprint density at radius 1 is 1.24 bits per heavy atom. The monoisotopic (exact) mass is 237 g/mol. The number of amides is 2. The predicted molar refractivity (Wildman–Crippen MR) is 62.9 cm³/mol. The van der Waals surface area contributed by atoms with E-state index in [1.54, 1.807) is 0 Å². The molecule has 17 heavy (non-hydrogen) atoms. The number of imide groups is 1. The molecule has 0 aromatic carbocycles. The Kier molecular flexibility index (Phi) is 3.08. The van der Waals surface area contributed by atoms with E-state index in [1.807, 2.05) is 26.0 Å². The molecule has 0 radical (unpaired) electrons. The zero-order valence-corrected chi connectivity index (χ0v) is 10.3. The summed E-state index contributed by atoms with van der Waals surface area (Å²) in [7, 11) is 0. The van der Waals surface area contributed by atoms with Crippen LogP contribution in [-0.4, -0.2) is 35.0 Å². The first kappa shape index (κ1) is 12.3. The molecule has 2 aliphatic rings. The van der Waals surface area contributed by atoms with Gasteiger partial charge in [-0.25, -0.2) is 0 Å². The van der Waals surface area contributed by atoms with Gasteiger partial charge in [-0.2, -0.15) is 0 Å². The van der Waals surface area contributed by atoms with E-state index in [2.05, 4.69) is 0 Å². The van der Waals surface area contributed by atoms with Gasteiger partial charge >= 0.3 is 0 Å². The third kappa shape index (κ3) is 2.14. The minimum Gasteiger partial charge on any atom is -0.396 e. The van der Waals surface area contributed by atoms with Gasteiger partial charge in [0.05, 0.1) is 11.8 Å². The molecule has 0 aromatic rings. The first-order chi connectivity index (χ1) is 7.96. The number of aliphatic hydroxyl groups excluding tert-OH is 1. The Labute approximate surface area is 101 Å². The fourth-order valence-electron chi connectivity index (χ4n) is 2.50. The van der Waals surface area contributed by atoms with Crippen LogP contribution in [0, 0.1) is 17.3 Å². The lowest BCUT2D eigenvalue weighted by atomic mass is 9.85. The average molecular weight is 237 g/mol.